The van der Waals surface area contributed by atoms with E-state index in [1.165, 1.54) is 17.7 Å². The minimum atomic E-state index is -0.195. The minimum Gasteiger partial charge on any atom is -0.333 e. The molecule has 3 nitrogen and oxygen atoms in total. The van der Waals surface area contributed by atoms with Gasteiger partial charge in [0.15, 0.2) is 0 Å². The number of amides is 1. The summed E-state index contributed by atoms with van der Waals surface area (Å²) in [6.07, 6.45) is 5.77. The Labute approximate surface area is 157 Å². The van der Waals surface area contributed by atoms with E-state index in [0.717, 1.165) is 42.1 Å². The van der Waals surface area contributed by atoms with Crippen LogP contribution in [0.1, 0.15) is 47.5 Å². The number of pyridine rings is 1. The fourth-order valence-corrected chi connectivity index (χ4v) is 4.94. The van der Waals surface area contributed by atoms with Gasteiger partial charge in [-0.1, -0.05) is 24.3 Å². The summed E-state index contributed by atoms with van der Waals surface area (Å²) in [5.41, 5.74) is 2.80. The van der Waals surface area contributed by atoms with Gasteiger partial charge in [-0.2, -0.15) is 0 Å². The van der Waals surface area contributed by atoms with Crippen molar-refractivity contribution in [3.8, 4) is 0 Å². The van der Waals surface area contributed by atoms with Gasteiger partial charge in [0.2, 0.25) is 0 Å². The summed E-state index contributed by atoms with van der Waals surface area (Å²) in [5, 5.41) is 0.921. The third-order valence-corrected chi connectivity index (χ3v) is 6.19. The van der Waals surface area contributed by atoms with Crippen LogP contribution in [0.5, 0.6) is 0 Å². The van der Waals surface area contributed by atoms with Gasteiger partial charge in [-0.15, -0.1) is 0 Å². The molecule has 5 rings (SSSR count). The Kier molecular flexibility index (Phi) is 3.92. The number of piperidine rings is 1. The molecule has 0 spiro atoms. The van der Waals surface area contributed by atoms with Gasteiger partial charge in [0.05, 0.1) is 5.52 Å². The molecule has 27 heavy (non-hydrogen) atoms. The Morgan fingerprint density at radius 3 is 2.44 bits per heavy atom. The fraction of sp³-hybridized carbons (Fsp3) is 0.304. The topological polar surface area (TPSA) is 33.2 Å². The van der Waals surface area contributed by atoms with Crippen LogP contribution in [-0.4, -0.2) is 27.9 Å². The number of carbonyl (C=O) groups is 1. The number of carbonyl (C=O) groups excluding carboxylic acids is 1. The second-order valence-corrected chi connectivity index (χ2v) is 7.69. The van der Waals surface area contributed by atoms with Crippen molar-refractivity contribution in [1.82, 2.24) is 9.88 Å². The summed E-state index contributed by atoms with van der Waals surface area (Å²) < 4.78 is 13.2. The second-order valence-electron chi connectivity index (χ2n) is 7.69. The molecule has 0 N–H and O–H groups in total. The smallest absolute Gasteiger partial charge is 0.255 e. The molecule has 2 fully saturated rings. The van der Waals surface area contributed by atoms with E-state index in [1.54, 1.807) is 6.20 Å². The molecule has 2 aromatic carbocycles. The number of halogens is 1. The zero-order chi connectivity index (χ0) is 18.4. The van der Waals surface area contributed by atoms with Gasteiger partial charge < -0.3 is 4.90 Å². The number of fused-ring (bicyclic) bond motifs is 3. The first-order valence-corrected chi connectivity index (χ1v) is 9.62. The maximum Gasteiger partial charge on any atom is 0.255 e. The minimum absolute atomic E-state index is 0.124. The van der Waals surface area contributed by atoms with Gasteiger partial charge in [-0.3, -0.25) is 9.78 Å². The molecule has 0 saturated carbocycles. The summed E-state index contributed by atoms with van der Waals surface area (Å²) in [5.74, 6) is 0.332. The maximum atomic E-state index is 13.4. The van der Waals surface area contributed by atoms with E-state index in [-0.39, 0.29) is 23.8 Å². The van der Waals surface area contributed by atoms with E-state index < -0.39 is 0 Å². The highest BCUT2D eigenvalue weighted by Gasteiger charge is 2.43. The molecular weight excluding hydrogens is 339 g/mol. The van der Waals surface area contributed by atoms with E-state index in [2.05, 4.69) is 9.88 Å². The van der Waals surface area contributed by atoms with Crippen molar-refractivity contribution in [2.45, 2.75) is 43.7 Å². The van der Waals surface area contributed by atoms with Crippen molar-refractivity contribution in [2.24, 2.45) is 0 Å². The summed E-state index contributed by atoms with van der Waals surface area (Å²) in [6, 6.07) is 17.0. The third kappa shape index (κ3) is 2.80. The molecule has 3 heterocycles. The van der Waals surface area contributed by atoms with Crippen LogP contribution in [0.2, 0.25) is 0 Å². The zero-order valence-electron chi connectivity index (χ0n) is 15.0. The van der Waals surface area contributed by atoms with Crippen LogP contribution >= 0.6 is 0 Å². The maximum absolute atomic E-state index is 13.4. The van der Waals surface area contributed by atoms with Crippen molar-refractivity contribution in [3.63, 3.8) is 0 Å². The van der Waals surface area contributed by atoms with Crippen molar-refractivity contribution in [3.05, 3.63) is 77.7 Å². The highest BCUT2D eigenvalue weighted by atomic mass is 19.1. The highest BCUT2D eigenvalue weighted by Crippen LogP contribution is 2.44. The number of benzene rings is 2. The molecule has 2 saturated heterocycles. The van der Waals surface area contributed by atoms with E-state index in [0.29, 0.717) is 5.92 Å². The Bertz CT molecular complexity index is 981. The summed E-state index contributed by atoms with van der Waals surface area (Å²) in [4.78, 5) is 19.9. The van der Waals surface area contributed by atoms with E-state index in [9.17, 15) is 9.18 Å². The monoisotopic (exact) mass is 360 g/mol. The average Bonchev–Trinajstić information content (AvgIpc) is 2.97. The SMILES string of the molecule is O=C(c1cccc2ncccc12)N1[C@@H]2CC[C@H]1C[C@@H](c1ccc(F)cc1)C2. The van der Waals surface area contributed by atoms with Gasteiger partial charge in [-0.25, -0.2) is 4.39 Å². The largest absolute Gasteiger partial charge is 0.333 e. The first kappa shape index (κ1) is 16.4. The molecule has 2 bridgehead atoms. The molecule has 4 heteroatoms. The zero-order valence-corrected chi connectivity index (χ0v) is 15.0. The van der Waals surface area contributed by atoms with Crippen molar-refractivity contribution < 1.29 is 9.18 Å². The average molecular weight is 360 g/mol. The molecule has 0 unspecified atom stereocenters. The molecule has 3 atom stereocenters. The van der Waals surface area contributed by atoms with E-state index >= 15 is 0 Å². The Morgan fingerprint density at radius 2 is 1.70 bits per heavy atom. The van der Waals surface area contributed by atoms with Gasteiger partial charge in [0.25, 0.3) is 5.91 Å². The highest BCUT2D eigenvalue weighted by molar-refractivity contribution is 6.06. The predicted molar refractivity (Wildman–Crippen MR) is 103 cm³/mol. The molecule has 136 valence electrons. The van der Waals surface area contributed by atoms with Crippen molar-refractivity contribution >= 4 is 16.8 Å². The molecule has 3 aromatic rings. The van der Waals surface area contributed by atoms with Crippen LogP contribution in [0.4, 0.5) is 4.39 Å². The lowest BCUT2D eigenvalue weighted by Crippen LogP contribution is -2.46. The van der Waals surface area contributed by atoms with Gasteiger partial charge in [0.1, 0.15) is 5.82 Å². The number of rotatable bonds is 2. The summed E-state index contributed by atoms with van der Waals surface area (Å²) >= 11 is 0. The lowest BCUT2D eigenvalue weighted by atomic mass is 9.84. The summed E-state index contributed by atoms with van der Waals surface area (Å²) in [6.45, 7) is 0. The second kappa shape index (κ2) is 6.45. The normalized spacial score (nSPS) is 24.3. The number of hydrogen-bond donors (Lipinski definition) is 0. The molecule has 0 aliphatic carbocycles. The molecule has 2 aliphatic heterocycles. The Morgan fingerprint density at radius 1 is 0.963 bits per heavy atom. The lowest BCUT2D eigenvalue weighted by Gasteiger charge is -2.39. The van der Waals surface area contributed by atoms with Crippen LogP contribution in [0, 0.1) is 5.82 Å². The van der Waals surface area contributed by atoms with Crippen molar-refractivity contribution in [2.75, 3.05) is 0 Å². The number of hydrogen-bond acceptors (Lipinski definition) is 2. The lowest BCUT2D eigenvalue weighted by molar-refractivity contribution is 0.0573. The van der Waals surface area contributed by atoms with Crippen LogP contribution in [0.3, 0.4) is 0 Å². The first-order chi connectivity index (χ1) is 13.2. The van der Waals surface area contributed by atoms with Crippen molar-refractivity contribution in [1.29, 1.82) is 0 Å². The molecule has 2 aliphatic rings. The van der Waals surface area contributed by atoms with Crippen LogP contribution in [-0.2, 0) is 0 Å². The Hall–Kier alpha value is -2.75. The molecule has 1 amide bonds. The van der Waals surface area contributed by atoms with Crippen LogP contribution in [0.25, 0.3) is 10.9 Å². The fourth-order valence-electron chi connectivity index (χ4n) is 4.94. The van der Waals surface area contributed by atoms with Crippen LogP contribution < -0.4 is 0 Å². The number of nitrogens with zero attached hydrogens (tertiary/aromatic N) is 2. The van der Waals surface area contributed by atoms with E-state index in [4.69, 9.17) is 0 Å². The quantitative estimate of drug-likeness (QED) is 0.649. The predicted octanol–water partition coefficient (Wildman–Crippen LogP) is 4.92. The van der Waals surface area contributed by atoms with Crippen LogP contribution in [0.15, 0.2) is 60.8 Å². The first-order valence-electron chi connectivity index (χ1n) is 9.62. The van der Waals surface area contributed by atoms with E-state index in [1.807, 2.05) is 42.5 Å². The van der Waals surface area contributed by atoms with Gasteiger partial charge in [0, 0.05) is 29.2 Å². The summed E-state index contributed by atoms with van der Waals surface area (Å²) in [7, 11) is 0. The number of aromatic nitrogens is 1. The van der Waals surface area contributed by atoms with Gasteiger partial charge >= 0.3 is 0 Å². The molecule has 1 aromatic heterocycles. The molecular formula is C23H21FN2O. The van der Waals surface area contributed by atoms with Gasteiger partial charge in [-0.05, 0) is 67.5 Å². The standard InChI is InChI=1S/C23H21FN2O/c24-17-8-6-15(7-9-17)16-13-18-10-11-19(14-16)26(18)23(27)21-3-1-5-22-20(21)4-2-12-25-22/h1-9,12,16,18-19H,10-11,13-14H2/t16-,18+,19-. The Balaban J connectivity index is 1.44. The third-order valence-electron chi connectivity index (χ3n) is 6.19. The molecule has 0 radical (unpaired) electrons.